The summed E-state index contributed by atoms with van der Waals surface area (Å²) in [6.07, 6.45) is -0.343. The van der Waals surface area contributed by atoms with Crippen LogP contribution in [0.25, 0.3) is 0 Å². The molecular weight excluding hydrogens is 282 g/mol. The summed E-state index contributed by atoms with van der Waals surface area (Å²) < 4.78 is 5.16. The van der Waals surface area contributed by atoms with E-state index >= 15 is 0 Å². The molecule has 0 aliphatic carbocycles. The summed E-state index contributed by atoms with van der Waals surface area (Å²) in [5.41, 5.74) is 0.725. The van der Waals surface area contributed by atoms with Gasteiger partial charge in [-0.15, -0.1) is 0 Å². The number of ether oxygens (including phenoxy) is 1. The minimum Gasteiger partial charge on any atom is -0.497 e. The molecule has 1 aliphatic heterocycles. The van der Waals surface area contributed by atoms with Crippen LogP contribution in [0.1, 0.15) is 13.8 Å². The Labute approximate surface area is 131 Å². The van der Waals surface area contributed by atoms with E-state index in [2.05, 4.69) is 10.2 Å². The number of β-amino-alcohol motifs (C(OH)–C–C–N with tert-alkyl or cyclic N) is 1. The number of piperazine rings is 1. The number of hydrogen-bond donors (Lipinski definition) is 2. The molecule has 122 valence electrons. The van der Waals surface area contributed by atoms with Crippen LogP contribution >= 0.6 is 0 Å². The Hall–Kier alpha value is -1.79. The summed E-state index contributed by atoms with van der Waals surface area (Å²) in [6, 6.07) is 7.34. The second kappa shape index (κ2) is 7.47. The number of nitrogens with zero attached hydrogens (tertiary/aromatic N) is 2. The minimum atomic E-state index is -0.343. The monoisotopic (exact) mass is 307 g/mol. The Bertz CT molecular complexity index is 507. The molecule has 2 atom stereocenters. The van der Waals surface area contributed by atoms with Crippen molar-refractivity contribution in [2.45, 2.75) is 26.0 Å². The number of hydrogen-bond acceptors (Lipinski definition) is 4. The van der Waals surface area contributed by atoms with E-state index < -0.39 is 0 Å². The zero-order valence-electron chi connectivity index (χ0n) is 13.5. The number of aliphatic hydroxyl groups excluding tert-OH is 1. The third-order valence-electron chi connectivity index (χ3n) is 3.82. The highest BCUT2D eigenvalue weighted by molar-refractivity contribution is 5.89. The molecule has 2 N–H and O–H groups in total. The Morgan fingerprint density at radius 1 is 1.50 bits per heavy atom. The first-order valence-corrected chi connectivity index (χ1v) is 7.61. The Morgan fingerprint density at radius 2 is 2.27 bits per heavy atom. The molecule has 0 unspecified atom stereocenters. The van der Waals surface area contributed by atoms with Crippen molar-refractivity contribution in [2.75, 3.05) is 38.6 Å². The molecule has 22 heavy (non-hydrogen) atoms. The van der Waals surface area contributed by atoms with Gasteiger partial charge >= 0.3 is 6.03 Å². The van der Waals surface area contributed by atoms with Crippen LogP contribution in [0.4, 0.5) is 10.5 Å². The SMILES string of the molecule is COc1cccc(NC(=O)N2CCN(C[C@@H](C)O)C[C@H]2C)c1. The topological polar surface area (TPSA) is 65.0 Å². The predicted molar refractivity (Wildman–Crippen MR) is 86.3 cm³/mol. The zero-order valence-corrected chi connectivity index (χ0v) is 13.5. The number of rotatable bonds is 4. The van der Waals surface area contributed by atoms with Gasteiger partial charge in [-0.1, -0.05) is 6.07 Å². The number of nitrogens with one attached hydrogen (secondary N) is 1. The van der Waals surface area contributed by atoms with E-state index in [-0.39, 0.29) is 18.2 Å². The minimum absolute atomic E-state index is 0.0996. The largest absolute Gasteiger partial charge is 0.497 e. The first-order chi connectivity index (χ1) is 10.5. The molecule has 1 aromatic carbocycles. The number of carbonyl (C=O) groups is 1. The van der Waals surface area contributed by atoms with Crippen LogP contribution in [-0.4, -0.2) is 66.4 Å². The molecule has 2 rings (SSSR count). The fourth-order valence-corrected chi connectivity index (χ4v) is 2.77. The fourth-order valence-electron chi connectivity index (χ4n) is 2.77. The van der Waals surface area contributed by atoms with E-state index in [0.29, 0.717) is 18.8 Å². The maximum absolute atomic E-state index is 12.4. The lowest BCUT2D eigenvalue weighted by Crippen LogP contribution is -2.56. The number of anilines is 1. The molecule has 6 heteroatoms. The van der Waals surface area contributed by atoms with Crippen LogP contribution in [0.15, 0.2) is 24.3 Å². The highest BCUT2D eigenvalue weighted by Crippen LogP contribution is 2.18. The van der Waals surface area contributed by atoms with E-state index in [1.165, 1.54) is 0 Å². The molecule has 1 aromatic rings. The van der Waals surface area contributed by atoms with Gasteiger partial charge < -0.3 is 20.1 Å². The molecule has 0 spiro atoms. The molecule has 6 nitrogen and oxygen atoms in total. The van der Waals surface area contributed by atoms with Gasteiger partial charge in [0.15, 0.2) is 0 Å². The molecule has 0 saturated carbocycles. The van der Waals surface area contributed by atoms with Crippen molar-refractivity contribution >= 4 is 11.7 Å². The molecule has 0 bridgehead atoms. The summed E-state index contributed by atoms with van der Waals surface area (Å²) >= 11 is 0. The average molecular weight is 307 g/mol. The first kappa shape index (κ1) is 16.6. The maximum Gasteiger partial charge on any atom is 0.322 e. The van der Waals surface area contributed by atoms with E-state index in [9.17, 15) is 9.90 Å². The number of amides is 2. The Morgan fingerprint density at radius 3 is 2.91 bits per heavy atom. The van der Waals surface area contributed by atoms with E-state index in [1.54, 1.807) is 20.1 Å². The Balaban J connectivity index is 1.92. The van der Waals surface area contributed by atoms with Gasteiger partial charge in [-0.3, -0.25) is 4.90 Å². The smallest absolute Gasteiger partial charge is 0.322 e. The molecule has 1 saturated heterocycles. The van der Waals surface area contributed by atoms with Gasteiger partial charge in [0.05, 0.1) is 13.2 Å². The summed E-state index contributed by atoms with van der Waals surface area (Å²) in [7, 11) is 1.60. The van der Waals surface area contributed by atoms with Crippen molar-refractivity contribution in [3.05, 3.63) is 24.3 Å². The lowest BCUT2D eigenvalue weighted by atomic mass is 10.2. The van der Waals surface area contributed by atoms with Gasteiger partial charge in [-0.05, 0) is 26.0 Å². The predicted octanol–water partition coefficient (Wildman–Crippen LogP) is 1.61. The van der Waals surface area contributed by atoms with Crippen molar-refractivity contribution in [3.8, 4) is 5.75 Å². The molecular formula is C16H25N3O3. The van der Waals surface area contributed by atoms with E-state index in [4.69, 9.17) is 4.74 Å². The van der Waals surface area contributed by atoms with Crippen LogP contribution < -0.4 is 10.1 Å². The average Bonchev–Trinajstić information content (AvgIpc) is 2.46. The summed E-state index contributed by atoms with van der Waals surface area (Å²) in [5.74, 6) is 0.715. The third-order valence-corrected chi connectivity index (χ3v) is 3.82. The van der Waals surface area contributed by atoms with Crippen LogP contribution in [0.2, 0.25) is 0 Å². The molecule has 0 aromatic heterocycles. The maximum atomic E-state index is 12.4. The fraction of sp³-hybridized carbons (Fsp3) is 0.562. The van der Waals surface area contributed by atoms with Crippen molar-refractivity contribution in [3.63, 3.8) is 0 Å². The number of benzene rings is 1. The summed E-state index contributed by atoms with van der Waals surface area (Å²) in [6.45, 7) is 6.67. The summed E-state index contributed by atoms with van der Waals surface area (Å²) in [5, 5.41) is 12.4. The van der Waals surface area contributed by atoms with Crippen LogP contribution in [0, 0.1) is 0 Å². The van der Waals surface area contributed by atoms with Crippen LogP contribution in [0.3, 0.4) is 0 Å². The quantitative estimate of drug-likeness (QED) is 0.887. The third kappa shape index (κ3) is 4.35. The van der Waals surface area contributed by atoms with Crippen LogP contribution in [-0.2, 0) is 0 Å². The Kier molecular flexibility index (Phi) is 5.63. The van der Waals surface area contributed by atoms with Gasteiger partial charge in [0, 0.05) is 44.0 Å². The second-order valence-corrected chi connectivity index (χ2v) is 5.81. The standard InChI is InChI=1S/C16H25N3O3/c1-12-10-18(11-13(2)20)7-8-19(12)16(21)17-14-5-4-6-15(9-14)22-3/h4-6,9,12-13,20H,7-8,10-11H2,1-3H3,(H,17,21)/t12-,13-/m1/s1. The highest BCUT2D eigenvalue weighted by atomic mass is 16.5. The summed E-state index contributed by atoms with van der Waals surface area (Å²) in [4.78, 5) is 16.4. The van der Waals surface area contributed by atoms with Crippen molar-refractivity contribution in [2.24, 2.45) is 0 Å². The van der Waals surface area contributed by atoms with Crippen molar-refractivity contribution in [1.82, 2.24) is 9.80 Å². The van der Waals surface area contributed by atoms with Gasteiger partial charge in [-0.2, -0.15) is 0 Å². The van der Waals surface area contributed by atoms with Gasteiger partial charge in [0.1, 0.15) is 5.75 Å². The van der Waals surface area contributed by atoms with E-state index in [1.807, 2.05) is 30.0 Å². The lowest BCUT2D eigenvalue weighted by Gasteiger charge is -2.40. The highest BCUT2D eigenvalue weighted by Gasteiger charge is 2.27. The molecule has 1 aliphatic rings. The number of carbonyl (C=O) groups excluding carboxylic acids is 1. The number of aliphatic hydroxyl groups is 1. The van der Waals surface area contributed by atoms with Crippen molar-refractivity contribution in [1.29, 1.82) is 0 Å². The van der Waals surface area contributed by atoms with Gasteiger partial charge in [0.2, 0.25) is 0 Å². The second-order valence-electron chi connectivity index (χ2n) is 5.81. The number of methoxy groups -OCH3 is 1. The molecule has 1 fully saturated rings. The van der Waals surface area contributed by atoms with Gasteiger partial charge in [0.25, 0.3) is 0 Å². The molecule has 1 heterocycles. The first-order valence-electron chi connectivity index (χ1n) is 7.61. The number of urea groups is 1. The molecule has 2 amide bonds. The molecule has 0 radical (unpaired) electrons. The lowest BCUT2D eigenvalue weighted by molar-refractivity contribution is 0.0692. The van der Waals surface area contributed by atoms with Crippen LogP contribution in [0.5, 0.6) is 5.75 Å². The van der Waals surface area contributed by atoms with Gasteiger partial charge in [-0.25, -0.2) is 4.79 Å². The van der Waals surface area contributed by atoms with Crippen molar-refractivity contribution < 1.29 is 14.6 Å². The van der Waals surface area contributed by atoms with E-state index in [0.717, 1.165) is 18.8 Å². The normalized spacial score (nSPS) is 20.5. The zero-order chi connectivity index (χ0) is 16.1.